The van der Waals surface area contributed by atoms with Crippen molar-refractivity contribution in [2.24, 2.45) is 10.8 Å². The van der Waals surface area contributed by atoms with Crippen molar-refractivity contribution >= 4 is 0 Å². The van der Waals surface area contributed by atoms with E-state index < -0.39 is 0 Å². The Morgan fingerprint density at radius 3 is 1.85 bits per heavy atom. The van der Waals surface area contributed by atoms with Crippen LogP contribution >= 0.6 is 0 Å². The zero-order valence-corrected chi connectivity index (χ0v) is 8.04. The Labute approximate surface area is 78.2 Å². The number of rotatable bonds is 2. The SMILES string of the molecule is COC1(OC)C2(C=CC=C2)C12CC2. The molecule has 3 rings (SSSR count). The predicted molar refractivity (Wildman–Crippen MR) is 49.1 cm³/mol. The molecule has 0 aromatic heterocycles. The lowest BCUT2D eigenvalue weighted by molar-refractivity contribution is -0.155. The highest BCUT2D eigenvalue weighted by atomic mass is 16.7. The van der Waals surface area contributed by atoms with Crippen LogP contribution in [-0.4, -0.2) is 20.0 Å². The molecule has 2 nitrogen and oxygen atoms in total. The summed E-state index contributed by atoms with van der Waals surface area (Å²) in [4.78, 5) is 0. The Morgan fingerprint density at radius 2 is 1.54 bits per heavy atom. The molecule has 0 heterocycles. The third-order valence-corrected chi connectivity index (χ3v) is 4.06. The molecule has 0 N–H and O–H groups in total. The monoisotopic (exact) mass is 178 g/mol. The van der Waals surface area contributed by atoms with Crippen LogP contribution in [0.3, 0.4) is 0 Å². The minimum Gasteiger partial charge on any atom is -0.351 e. The number of methoxy groups -OCH3 is 2. The topological polar surface area (TPSA) is 18.5 Å². The van der Waals surface area contributed by atoms with Crippen LogP contribution in [0, 0.1) is 10.8 Å². The van der Waals surface area contributed by atoms with Crippen molar-refractivity contribution < 1.29 is 9.47 Å². The lowest BCUT2D eigenvalue weighted by atomic mass is 10.1. The van der Waals surface area contributed by atoms with Crippen molar-refractivity contribution in [1.82, 2.24) is 0 Å². The van der Waals surface area contributed by atoms with Crippen LogP contribution in [0.2, 0.25) is 0 Å². The Bertz CT molecular complexity index is 294. The van der Waals surface area contributed by atoms with Gasteiger partial charge in [-0.05, 0) is 12.8 Å². The van der Waals surface area contributed by atoms with Gasteiger partial charge in [0.25, 0.3) is 0 Å². The molecule has 0 saturated heterocycles. The highest BCUT2D eigenvalue weighted by Gasteiger charge is 2.92. The quantitative estimate of drug-likeness (QED) is 0.601. The average molecular weight is 178 g/mol. The minimum absolute atomic E-state index is 0.0590. The summed E-state index contributed by atoms with van der Waals surface area (Å²) in [6, 6.07) is 0. The van der Waals surface area contributed by atoms with E-state index in [1.165, 1.54) is 12.8 Å². The van der Waals surface area contributed by atoms with Gasteiger partial charge in [0.05, 0.1) is 5.41 Å². The Hall–Kier alpha value is -0.600. The molecule has 2 fully saturated rings. The summed E-state index contributed by atoms with van der Waals surface area (Å²) in [6.07, 6.45) is 11.1. The lowest BCUT2D eigenvalue weighted by Gasteiger charge is -2.16. The molecular weight excluding hydrogens is 164 g/mol. The second kappa shape index (κ2) is 1.91. The summed E-state index contributed by atoms with van der Waals surface area (Å²) < 4.78 is 11.2. The van der Waals surface area contributed by atoms with Gasteiger partial charge >= 0.3 is 0 Å². The van der Waals surface area contributed by atoms with Gasteiger partial charge in [-0.3, -0.25) is 0 Å². The van der Waals surface area contributed by atoms with Gasteiger partial charge in [-0.25, -0.2) is 0 Å². The molecule has 70 valence electrons. The first-order valence-corrected chi connectivity index (χ1v) is 4.76. The van der Waals surface area contributed by atoms with Gasteiger partial charge in [0.2, 0.25) is 0 Å². The maximum Gasteiger partial charge on any atom is 0.187 e. The van der Waals surface area contributed by atoms with E-state index in [1.807, 2.05) is 0 Å². The first-order valence-electron chi connectivity index (χ1n) is 4.76. The van der Waals surface area contributed by atoms with Crippen LogP contribution in [0.4, 0.5) is 0 Å². The molecule has 2 heteroatoms. The van der Waals surface area contributed by atoms with Gasteiger partial charge < -0.3 is 9.47 Å². The summed E-state index contributed by atoms with van der Waals surface area (Å²) in [5, 5.41) is 0. The number of fused-ring (bicyclic) bond motifs is 1. The molecule has 13 heavy (non-hydrogen) atoms. The number of allylic oxidation sites excluding steroid dienone is 2. The molecule has 0 unspecified atom stereocenters. The van der Waals surface area contributed by atoms with Crippen LogP contribution in [0.25, 0.3) is 0 Å². The van der Waals surface area contributed by atoms with Crippen LogP contribution in [0.15, 0.2) is 24.3 Å². The van der Waals surface area contributed by atoms with Crippen LogP contribution in [0.1, 0.15) is 12.8 Å². The third kappa shape index (κ3) is 0.511. The van der Waals surface area contributed by atoms with E-state index >= 15 is 0 Å². The fraction of sp³-hybridized carbons (Fsp3) is 0.636. The van der Waals surface area contributed by atoms with E-state index in [2.05, 4.69) is 24.3 Å². The minimum atomic E-state index is -0.358. The van der Waals surface area contributed by atoms with E-state index in [0.717, 1.165) is 0 Å². The van der Waals surface area contributed by atoms with Gasteiger partial charge in [0.1, 0.15) is 0 Å². The van der Waals surface area contributed by atoms with Gasteiger partial charge in [0.15, 0.2) is 5.79 Å². The molecule has 0 atom stereocenters. The average Bonchev–Trinajstić information content (AvgIpc) is 2.96. The highest BCUT2D eigenvalue weighted by molar-refractivity contribution is 5.51. The van der Waals surface area contributed by atoms with Crippen LogP contribution in [-0.2, 0) is 9.47 Å². The predicted octanol–water partition coefficient (Wildman–Crippen LogP) is 1.88. The van der Waals surface area contributed by atoms with Crippen molar-refractivity contribution in [3.05, 3.63) is 24.3 Å². The molecular formula is C11H14O2. The van der Waals surface area contributed by atoms with Crippen molar-refractivity contribution in [3.8, 4) is 0 Å². The molecule has 0 bridgehead atoms. The molecule has 0 radical (unpaired) electrons. The van der Waals surface area contributed by atoms with E-state index in [4.69, 9.17) is 9.47 Å². The fourth-order valence-corrected chi connectivity index (χ4v) is 3.37. The molecule has 2 spiro atoms. The summed E-state index contributed by atoms with van der Waals surface area (Å²) in [5.41, 5.74) is 0.330. The molecule has 0 amide bonds. The van der Waals surface area contributed by atoms with Crippen LogP contribution < -0.4 is 0 Å². The maximum absolute atomic E-state index is 5.59. The molecule has 3 aliphatic carbocycles. The van der Waals surface area contributed by atoms with Gasteiger partial charge in [-0.1, -0.05) is 24.3 Å². The smallest absolute Gasteiger partial charge is 0.187 e. The zero-order chi connectivity index (χ0) is 9.16. The second-order valence-corrected chi connectivity index (χ2v) is 4.19. The first kappa shape index (κ1) is 7.77. The maximum atomic E-state index is 5.59. The summed E-state index contributed by atoms with van der Waals surface area (Å²) >= 11 is 0. The summed E-state index contributed by atoms with van der Waals surface area (Å²) in [6.45, 7) is 0. The normalized spacial score (nSPS) is 33.1. The number of ether oxygens (including phenoxy) is 2. The Morgan fingerprint density at radius 1 is 1.00 bits per heavy atom. The van der Waals surface area contributed by atoms with Gasteiger partial charge in [-0.2, -0.15) is 0 Å². The molecule has 0 aromatic rings. The largest absolute Gasteiger partial charge is 0.351 e. The summed E-state index contributed by atoms with van der Waals surface area (Å²) in [5.74, 6) is -0.358. The van der Waals surface area contributed by atoms with Gasteiger partial charge in [-0.15, -0.1) is 0 Å². The van der Waals surface area contributed by atoms with E-state index in [9.17, 15) is 0 Å². The Balaban J connectivity index is 2.08. The zero-order valence-electron chi connectivity index (χ0n) is 8.04. The van der Waals surface area contributed by atoms with E-state index in [-0.39, 0.29) is 16.6 Å². The first-order chi connectivity index (χ1) is 6.29. The molecule has 2 saturated carbocycles. The van der Waals surface area contributed by atoms with E-state index in [1.54, 1.807) is 14.2 Å². The standard InChI is InChI=1S/C11H14O2/c1-12-11(13-2)9(5-3-4-6-9)10(11)7-8-10/h3-6H,7-8H2,1-2H3. The highest BCUT2D eigenvalue weighted by Crippen LogP contribution is 2.87. The Kier molecular flexibility index (Phi) is 1.14. The van der Waals surface area contributed by atoms with Crippen LogP contribution in [0.5, 0.6) is 0 Å². The van der Waals surface area contributed by atoms with E-state index in [0.29, 0.717) is 0 Å². The van der Waals surface area contributed by atoms with Gasteiger partial charge in [0, 0.05) is 19.6 Å². The fourth-order valence-electron chi connectivity index (χ4n) is 3.37. The summed E-state index contributed by atoms with van der Waals surface area (Å²) in [7, 11) is 3.50. The van der Waals surface area contributed by atoms with Crippen molar-refractivity contribution in [1.29, 1.82) is 0 Å². The number of hydrogen-bond acceptors (Lipinski definition) is 2. The molecule has 0 aliphatic heterocycles. The van der Waals surface area contributed by atoms with Crippen molar-refractivity contribution in [2.45, 2.75) is 18.6 Å². The molecule has 3 aliphatic rings. The van der Waals surface area contributed by atoms with Crippen molar-refractivity contribution in [3.63, 3.8) is 0 Å². The molecule has 0 aromatic carbocycles. The number of hydrogen-bond donors (Lipinski definition) is 0. The third-order valence-electron chi connectivity index (χ3n) is 4.06. The lowest BCUT2D eigenvalue weighted by Crippen LogP contribution is -2.23. The second-order valence-electron chi connectivity index (χ2n) is 4.19. The van der Waals surface area contributed by atoms with Crippen molar-refractivity contribution in [2.75, 3.05) is 14.2 Å².